The van der Waals surface area contributed by atoms with E-state index < -0.39 is 11.8 Å². The molecular weight excluding hydrogens is 444 g/mol. The molecule has 162 valence electrons. The number of carbonyl (C=O) groups is 2. The molecule has 0 saturated heterocycles. The first-order valence-corrected chi connectivity index (χ1v) is 11.3. The van der Waals surface area contributed by atoms with E-state index in [4.69, 9.17) is 16.3 Å². The summed E-state index contributed by atoms with van der Waals surface area (Å²) in [5.41, 5.74) is 2.36. The molecule has 3 aromatic rings. The predicted octanol–water partition coefficient (Wildman–Crippen LogP) is 6.04. The molecule has 0 aliphatic carbocycles. The summed E-state index contributed by atoms with van der Waals surface area (Å²) in [6, 6.07) is 21.8. The van der Waals surface area contributed by atoms with Crippen molar-refractivity contribution in [2.45, 2.75) is 18.7 Å². The number of rotatable bonds is 7. The van der Waals surface area contributed by atoms with Gasteiger partial charge in [0, 0.05) is 10.6 Å². The highest BCUT2D eigenvalue weighted by Crippen LogP contribution is 2.39. The van der Waals surface area contributed by atoms with Crippen LogP contribution in [0.3, 0.4) is 0 Å². The van der Waals surface area contributed by atoms with Gasteiger partial charge in [-0.25, -0.2) is 4.90 Å². The van der Waals surface area contributed by atoms with Gasteiger partial charge in [-0.3, -0.25) is 9.59 Å². The molecule has 1 N–H and O–H groups in total. The maximum atomic E-state index is 13.4. The van der Waals surface area contributed by atoms with Gasteiger partial charge in [0.25, 0.3) is 11.8 Å². The van der Waals surface area contributed by atoms with E-state index in [2.05, 4.69) is 5.32 Å². The lowest BCUT2D eigenvalue weighted by Gasteiger charge is -2.16. The van der Waals surface area contributed by atoms with Gasteiger partial charge in [-0.05, 0) is 62.4 Å². The summed E-state index contributed by atoms with van der Waals surface area (Å²) < 4.78 is 5.48. The van der Waals surface area contributed by atoms with Crippen molar-refractivity contribution in [2.24, 2.45) is 0 Å². The molecule has 0 bridgehead atoms. The Kier molecular flexibility index (Phi) is 6.53. The first-order valence-electron chi connectivity index (χ1n) is 10.1. The zero-order chi connectivity index (χ0) is 22.7. The van der Waals surface area contributed by atoms with Crippen LogP contribution in [-0.2, 0) is 9.59 Å². The molecule has 32 heavy (non-hydrogen) atoms. The number of anilines is 2. The number of imide groups is 1. The lowest BCUT2D eigenvalue weighted by atomic mass is 10.2. The van der Waals surface area contributed by atoms with Crippen LogP contribution in [0.2, 0.25) is 5.02 Å². The highest BCUT2D eigenvalue weighted by atomic mass is 35.5. The number of amides is 2. The molecule has 3 aromatic carbocycles. The van der Waals surface area contributed by atoms with Crippen LogP contribution in [-0.4, -0.2) is 18.4 Å². The molecule has 0 atom stereocenters. The van der Waals surface area contributed by atoms with E-state index >= 15 is 0 Å². The second-order valence-electron chi connectivity index (χ2n) is 7.10. The standard InChI is InChI=1S/C25H21ClN2O3S/c1-3-31-18-12-10-17(11-13-18)27-22-23(32-19-14-8-16(2)9-15-19)25(30)28(24(22)29)21-7-5-4-6-20(21)26/h4-15,27H,3H2,1-2H3. The number of hydrogen-bond acceptors (Lipinski definition) is 5. The molecule has 0 fully saturated rings. The smallest absolute Gasteiger partial charge is 0.283 e. The quantitative estimate of drug-likeness (QED) is 0.432. The molecule has 0 unspecified atom stereocenters. The second kappa shape index (κ2) is 9.51. The topological polar surface area (TPSA) is 58.6 Å². The molecule has 0 spiro atoms. The van der Waals surface area contributed by atoms with Crippen LogP contribution < -0.4 is 15.0 Å². The Bertz CT molecular complexity index is 1190. The van der Waals surface area contributed by atoms with Gasteiger partial charge >= 0.3 is 0 Å². The molecule has 0 aromatic heterocycles. The van der Waals surface area contributed by atoms with Crippen molar-refractivity contribution in [3.63, 3.8) is 0 Å². The summed E-state index contributed by atoms with van der Waals surface area (Å²) in [4.78, 5) is 29.1. The fourth-order valence-electron chi connectivity index (χ4n) is 3.24. The number of halogens is 1. The van der Waals surface area contributed by atoms with Crippen LogP contribution in [0.15, 0.2) is 88.3 Å². The SMILES string of the molecule is CCOc1ccc(NC2=C(Sc3ccc(C)cc3)C(=O)N(c3ccccc3Cl)C2=O)cc1. The first kappa shape index (κ1) is 22.0. The molecule has 1 heterocycles. The monoisotopic (exact) mass is 464 g/mol. The van der Waals surface area contributed by atoms with E-state index in [1.807, 2.05) is 62.4 Å². The number of carbonyl (C=O) groups excluding carboxylic acids is 2. The molecule has 5 nitrogen and oxygen atoms in total. The molecule has 4 rings (SSSR count). The average molecular weight is 465 g/mol. The van der Waals surface area contributed by atoms with Gasteiger partial charge in [-0.15, -0.1) is 0 Å². The summed E-state index contributed by atoms with van der Waals surface area (Å²) >= 11 is 7.56. The number of thioether (sulfide) groups is 1. The van der Waals surface area contributed by atoms with Crippen molar-refractivity contribution in [3.05, 3.63) is 94.0 Å². The van der Waals surface area contributed by atoms with Gasteiger partial charge in [0.2, 0.25) is 0 Å². The summed E-state index contributed by atoms with van der Waals surface area (Å²) in [7, 11) is 0. The van der Waals surface area contributed by atoms with Crippen molar-refractivity contribution in [1.29, 1.82) is 0 Å². The predicted molar refractivity (Wildman–Crippen MR) is 129 cm³/mol. The van der Waals surface area contributed by atoms with Gasteiger partial charge in [0.15, 0.2) is 0 Å². The van der Waals surface area contributed by atoms with Crippen LogP contribution in [0.5, 0.6) is 5.75 Å². The number of benzene rings is 3. The van der Waals surface area contributed by atoms with Crippen molar-refractivity contribution in [2.75, 3.05) is 16.8 Å². The molecule has 2 amide bonds. The minimum Gasteiger partial charge on any atom is -0.494 e. The molecule has 0 saturated carbocycles. The van der Waals surface area contributed by atoms with Crippen LogP contribution in [0.4, 0.5) is 11.4 Å². The van der Waals surface area contributed by atoms with E-state index in [0.717, 1.165) is 21.1 Å². The molecule has 7 heteroatoms. The lowest BCUT2D eigenvalue weighted by molar-refractivity contribution is -0.120. The third kappa shape index (κ3) is 4.52. The van der Waals surface area contributed by atoms with Gasteiger partial charge in [0.1, 0.15) is 16.4 Å². The van der Waals surface area contributed by atoms with Crippen molar-refractivity contribution >= 4 is 46.6 Å². The minimum atomic E-state index is -0.452. The van der Waals surface area contributed by atoms with Crippen molar-refractivity contribution < 1.29 is 14.3 Å². The lowest BCUT2D eigenvalue weighted by Crippen LogP contribution is -2.32. The number of nitrogens with one attached hydrogen (secondary N) is 1. The number of para-hydroxylation sites is 1. The molecule has 1 aliphatic heterocycles. The van der Waals surface area contributed by atoms with E-state index in [1.165, 1.54) is 11.8 Å². The third-order valence-corrected chi connectivity index (χ3v) is 6.22. The van der Waals surface area contributed by atoms with Gasteiger partial charge in [-0.2, -0.15) is 0 Å². The summed E-state index contributed by atoms with van der Waals surface area (Å²) in [5, 5.41) is 3.47. The number of hydrogen-bond donors (Lipinski definition) is 1. The number of nitrogens with zero attached hydrogens (tertiary/aromatic N) is 1. The Morgan fingerprint density at radius 2 is 1.62 bits per heavy atom. The van der Waals surface area contributed by atoms with Gasteiger partial charge in [0.05, 0.1) is 17.3 Å². The van der Waals surface area contributed by atoms with Crippen LogP contribution in [0.1, 0.15) is 12.5 Å². The minimum absolute atomic E-state index is 0.213. The van der Waals surface area contributed by atoms with Crippen molar-refractivity contribution in [3.8, 4) is 5.75 Å². The average Bonchev–Trinajstić information content (AvgIpc) is 3.01. The molecule has 1 aliphatic rings. The highest BCUT2D eigenvalue weighted by Gasteiger charge is 2.41. The van der Waals surface area contributed by atoms with Crippen LogP contribution in [0.25, 0.3) is 0 Å². The fraction of sp³-hybridized carbons (Fsp3) is 0.120. The molecular formula is C25H21ClN2O3S. The molecule has 0 radical (unpaired) electrons. The maximum Gasteiger partial charge on any atom is 0.283 e. The van der Waals surface area contributed by atoms with E-state index in [9.17, 15) is 9.59 Å². The van der Waals surface area contributed by atoms with E-state index in [0.29, 0.717) is 27.9 Å². The van der Waals surface area contributed by atoms with Crippen molar-refractivity contribution in [1.82, 2.24) is 0 Å². The number of aryl methyl sites for hydroxylation is 1. The second-order valence-corrected chi connectivity index (χ2v) is 8.59. The summed E-state index contributed by atoms with van der Waals surface area (Å²) in [6.45, 7) is 4.47. The van der Waals surface area contributed by atoms with E-state index in [1.54, 1.807) is 24.3 Å². The Balaban J connectivity index is 1.71. The zero-order valence-corrected chi connectivity index (χ0v) is 19.2. The zero-order valence-electron chi connectivity index (χ0n) is 17.6. The third-order valence-electron chi connectivity index (χ3n) is 4.81. The van der Waals surface area contributed by atoms with Gasteiger partial charge in [-0.1, -0.05) is 53.2 Å². The largest absolute Gasteiger partial charge is 0.494 e. The fourth-order valence-corrected chi connectivity index (χ4v) is 4.38. The van der Waals surface area contributed by atoms with Gasteiger partial charge < -0.3 is 10.1 Å². The normalized spacial score (nSPS) is 13.7. The Morgan fingerprint density at radius 1 is 0.938 bits per heavy atom. The Morgan fingerprint density at radius 3 is 2.28 bits per heavy atom. The van der Waals surface area contributed by atoms with E-state index in [-0.39, 0.29) is 5.70 Å². The summed E-state index contributed by atoms with van der Waals surface area (Å²) in [6.07, 6.45) is 0. The first-order chi connectivity index (χ1) is 15.5. The Labute approximate surface area is 196 Å². The van der Waals surface area contributed by atoms with Crippen LogP contribution >= 0.6 is 23.4 Å². The Hall–Kier alpha value is -3.22. The number of ether oxygens (including phenoxy) is 1. The summed E-state index contributed by atoms with van der Waals surface area (Å²) in [5.74, 6) is -0.137. The maximum absolute atomic E-state index is 13.4. The highest BCUT2D eigenvalue weighted by molar-refractivity contribution is 8.04. The van der Waals surface area contributed by atoms with Crippen LogP contribution in [0, 0.1) is 6.92 Å².